The molecule has 342 valence electrons. The molecule has 13 nitrogen and oxygen atoms in total. The van der Waals surface area contributed by atoms with Gasteiger partial charge in [-0.05, 0) is 102 Å². The van der Waals surface area contributed by atoms with E-state index >= 15 is 0 Å². The number of ketones is 1. The van der Waals surface area contributed by atoms with E-state index in [2.05, 4.69) is 26.1 Å². The Morgan fingerprint density at radius 1 is 0.883 bits per heavy atom. The molecule has 0 aromatic rings. The summed E-state index contributed by atoms with van der Waals surface area (Å²) >= 11 is 0. The van der Waals surface area contributed by atoms with Gasteiger partial charge in [-0.2, -0.15) is 0 Å². The highest BCUT2D eigenvalue weighted by Gasteiger charge is 2.63. The second-order valence-corrected chi connectivity index (χ2v) is 20.1. The van der Waals surface area contributed by atoms with Crippen LogP contribution >= 0.6 is 0 Å². The van der Waals surface area contributed by atoms with Gasteiger partial charge in [-0.15, -0.1) is 0 Å². The SMILES string of the molecule is CC[C@@H](C(=O)[C@@H](C)[C@@H](O)[C@H](C)[C@@H]1O[C@@H]([C@@H](CC)C(=O)O)CC[C@@H]1C)[C@H]1O[C@]2(C=C[C@@H](NC(=O)N3CCCC3)[C@]3(CC[C@@](C)([C@H]4CC[C@](O)(CC)[C@H](C)O4)O3)O2)[C@H](C)C[C@@H]1C. The lowest BCUT2D eigenvalue weighted by atomic mass is 9.72. The number of nitrogens with one attached hydrogen (secondary N) is 1. The molecule has 13 heteroatoms. The van der Waals surface area contributed by atoms with Gasteiger partial charge in [0.2, 0.25) is 0 Å². The van der Waals surface area contributed by atoms with E-state index in [4.69, 9.17) is 23.7 Å². The Hall–Kier alpha value is -2.13. The molecule has 5 saturated heterocycles. The number of amides is 2. The topological polar surface area (TPSA) is 173 Å². The Bertz CT molecular complexity index is 1560. The van der Waals surface area contributed by atoms with Crippen LogP contribution in [0.2, 0.25) is 0 Å². The third-order valence-corrected chi connectivity index (χ3v) is 16.2. The minimum Gasteiger partial charge on any atom is -0.481 e. The number of hydrogen-bond donors (Lipinski definition) is 4. The number of aliphatic carboxylic acids is 1. The largest absolute Gasteiger partial charge is 0.481 e. The average molecular weight is 847 g/mol. The molecular formula is C47H78N2O11. The molecule has 0 aliphatic carbocycles. The smallest absolute Gasteiger partial charge is 0.318 e. The fourth-order valence-electron chi connectivity index (χ4n) is 11.8. The van der Waals surface area contributed by atoms with Crippen LogP contribution in [0.5, 0.6) is 0 Å². The number of aliphatic hydroxyl groups excluding tert-OH is 1. The molecule has 0 radical (unpaired) electrons. The average Bonchev–Trinajstić information content (AvgIpc) is 3.88. The predicted octanol–water partition coefficient (Wildman–Crippen LogP) is 7.00. The molecule has 4 N–H and O–H groups in total. The van der Waals surface area contributed by atoms with Gasteiger partial charge in [-0.1, -0.05) is 61.5 Å². The van der Waals surface area contributed by atoms with Crippen LogP contribution < -0.4 is 5.32 Å². The Morgan fingerprint density at radius 2 is 1.57 bits per heavy atom. The molecule has 0 saturated carbocycles. The Balaban J connectivity index is 1.23. The van der Waals surface area contributed by atoms with Crippen LogP contribution in [-0.2, 0) is 33.3 Å². The summed E-state index contributed by atoms with van der Waals surface area (Å²) in [7, 11) is 0. The summed E-state index contributed by atoms with van der Waals surface area (Å²) in [6.07, 6.45) is 8.78. The molecule has 6 rings (SSSR count). The maximum Gasteiger partial charge on any atom is 0.318 e. The highest BCUT2D eigenvalue weighted by molar-refractivity contribution is 5.84. The number of ether oxygens (including phenoxy) is 5. The lowest BCUT2D eigenvalue weighted by Crippen LogP contribution is -2.66. The molecular weight excluding hydrogens is 769 g/mol. The number of carbonyl (C=O) groups excluding carboxylic acids is 2. The number of carboxylic acids is 1. The Morgan fingerprint density at radius 3 is 2.18 bits per heavy atom. The molecule has 6 aliphatic rings. The molecule has 2 spiro atoms. The summed E-state index contributed by atoms with van der Waals surface area (Å²) in [4.78, 5) is 42.2. The first-order chi connectivity index (χ1) is 28.3. The number of likely N-dealkylation sites (tertiary alicyclic amines) is 1. The van der Waals surface area contributed by atoms with Crippen molar-refractivity contribution in [2.24, 2.45) is 41.4 Å². The quantitative estimate of drug-likeness (QED) is 0.141. The lowest BCUT2D eigenvalue weighted by molar-refractivity contribution is -0.398. The minimum absolute atomic E-state index is 0.00418. The number of aliphatic hydroxyl groups is 2. The van der Waals surface area contributed by atoms with E-state index in [9.17, 15) is 29.7 Å². The van der Waals surface area contributed by atoms with Crippen LogP contribution in [0.3, 0.4) is 0 Å². The number of carbonyl (C=O) groups is 3. The normalized spacial score (nSPS) is 43.4. The zero-order valence-electron chi connectivity index (χ0n) is 38.2. The van der Waals surface area contributed by atoms with E-state index in [1.807, 2.05) is 58.6 Å². The van der Waals surface area contributed by atoms with Crippen LogP contribution in [0.15, 0.2) is 12.2 Å². The van der Waals surface area contributed by atoms with Crippen molar-refractivity contribution in [3.05, 3.63) is 12.2 Å². The van der Waals surface area contributed by atoms with Crippen molar-refractivity contribution in [3.63, 3.8) is 0 Å². The summed E-state index contributed by atoms with van der Waals surface area (Å²) < 4.78 is 34.6. The first-order valence-electron chi connectivity index (χ1n) is 23.6. The van der Waals surface area contributed by atoms with Crippen molar-refractivity contribution in [2.45, 2.75) is 212 Å². The molecule has 0 aromatic carbocycles. The van der Waals surface area contributed by atoms with E-state index in [1.54, 1.807) is 6.92 Å². The van der Waals surface area contributed by atoms with E-state index < -0.39 is 76.8 Å². The van der Waals surface area contributed by atoms with Crippen molar-refractivity contribution in [1.29, 1.82) is 0 Å². The second-order valence-electron chi connectivity index (χ2n) is 20.1. The number of Topliss-reactive ketones (excluding diaryl/α,β-unsaturated/α-hetero) is 1. The van der Waals surface area contributed by atoms with Gasteiger partial charge in [0, 0.05) is 43.2 Å². The van der Waals surface area contributed by atoms with Gasteiger partial charge in [0.25, 0.3) is 0 Å². The molecule has 18 atom stereocenters. The summed E-state index contributed by atoms with van der Waals surface area (Å²) in [5, 5.41) is 36.2. The maximum atomic E-state index is 14.7. The zero-order chi connectivity index (χ0) is 43.9. The first kappa shape index (κ1) is 47.4. The van der Waals surface area contributed by atoms with Gasteiger partial charge in [-0.3, -0.25) is 9.59 Å². The highest BCUT2D eigenvalue weighted by atomic mass is 16.8. The monoisotopic (exact) mass is 847 g/mol. The van der Waals surface area contributed by atoms with Gasteiger partial charge in [-0.25, -0.2) is 4.79 Å². The van der Waals surface area contributed by atoms with Gasteiger partial charge in [0.05, 0.1) is 53.7 Å². The lowest BCUT2D eigenvalue weighted by Gasteiger charge is -2.55. The fourth-order valence-corrected chi connectivity index (χ4v) is 11.8. The fraction of sp³-hybridized carbons (Fsp3) is 0.894. The predicted molar refractivity (Wildman–Crippen MR) is 226 cm³/mol. The van der Waals surface area contributed by atoms with Crippen molar-refractivity contribution in [3.8, 4) is 0 Å². The molecule has 6 aliphatic heterocycles. The van der Waals surface area contributed by atoms with E-state index in [0.717, 1.165) is 19.3 Å². The Kier molecular flexibility index (Phi) is 14.6. The first-order valence-corrected chi connectivity index (χ1v) is 23.6. The second kappa shape index (κ2) is 18.5. The maximum absolute atomic E-state index is 14.7. The van der Waals surface area contributed by atoms with Gasteiger partial charge in [0.15, 0.2) is 11.6 Å². The number of urea groups is 1. The zero-order valence-corrected chi connectivity index (χ0v) is 38.2. The van der Waals surface area contributed by atoms with Crippen LogP contribution in [-0.4, -0.2) is 117 Å². The van der Waals surface area contributed by atoms with Crippen LogP contribution in [0.25, 0.3) is 0 Å². The molecule has 0 aromatic heterocycles. The Labute approximate surface area is 359 Å². The summed E-state index contributed by atoms with van der Waals surface area (Å²) in [6, 6.07) is -0.778. The summed E-state index contributed by atoms with van der Waals surface area (Å²) in [5.41, 5.74) is -1.67. The highest BCUT2D eigenvalue weighted by Crippen LogP contribution is 2.54. The molecule has 2 amide bonds. The minimum atomic E-state index is -1.29. The van der Waals surface area contributed by atoms with Gasteiger partial charge in [0.1, 0.15) is 11.8 Å². The molecule has 5 fully saturated rings. The number of hydrogen-bond acceptors (Lipinski definition) is 10. The molecule has 60 heavy (non-hydrogen) atoms. The van der Waals surface area contributed by atoms with E-state index in [0.29, 0.717) is 70.9 Å². The number of nitrogens with zero attached hydrogens (tertiary/aromatic N) is 1. The van der Waals surface area contributed by atoms with E-state index in [-0.39, 0.29) is 47.9 Å². The van der Waals surface area contributed by atoms with Crippen LogP contribution in [0, 0.1) is 41.4 Å². The molecule has 6 heterocycles. The van der Waals surface area contributed by atoms with Crippen molar-refractivity contribution < 1.29 is 53.4 Å². The number of carboxylic acid groups (broad SMARTS) is 1. The number of rotatable bonds is 13. The summed E-state index contributed by atoms with van der Waals surface area (Å²) in [6.45, 7) is 21.2. The standard InChI is InChI=1S/C47H78N2O11/c1-11-33(42(52)53)35-17-16-27(4)40(57-35)31(8)38(50)30(7)39(51)34(12-2)41-28(5)26-29(6)46(58-41)21-18-36(48-43(54)49-24-14-15-25-49)47(60-46)23-22-44(10,59-47)37-19-20-45(55,13-3)32(9)56-37/h18,21,27-38,40-41,50,55H,11-17,19-20,22-26H2,1-10H3,(H,48,54)(H,52,53)/t27-,28-,29+,30-,31-,32-,33+,34-,35+,36+,37+,38+,40+,41-,44-,45+,46-,47-/m0/s1. The van der Waals surface area contributed by atoms with Crippen LogP contribution in [0.4, 0.5) is 4.79 Å². The van der Waals surface area contributed by atoms with Gasteiger partial charge < -0.3 is 49.2 Å². The third kappa shape index (κ3) is 8.98. The van der Waals surface area contributed by atoms with Crippen molar-refractivity contribution in [2.75, 3.05) is 13.1 Å². The van der Waals surface area contributed by atoms with Crippen LogP contribution in [0.1, 0.15) is 146 Å². The van der Waals surface area contributed by atoms with Crippen molar-refractivity contribution in [1.82, 2.24) is 10.2 Å². The summed E-state index contributed by atoms with van der Waals surface area (Å²) in [5.74, 6) is -5.82. The van der Waals surface area contributed by atoms with Gasteiger partial charge >= 0.3 is 12.0 Å². The van der Waals surface area contributed by atoms with Crippen molar-refractivity contribution >= 4 is 17.8 Å². The molecule has 0 unspecified atom stereocenters. The van der Waals surface area contributed by atoms with E-state index in [1.165, 1.54) is 0 Å². The third-order valence-electron chi connectivity index (χ3n) is 16.2. The molecule has 0 bridgehead atoms.